The summed E-state index contributed by atoms with van der Waals surface area (Å²) in [5.74, 6) is 0.184. The van der Waals surface area contributed by atoms with Gasteiger partial charge in [-0.1, -0.05) is 30.3 Å². The molecule has 0 saturated carbocycles. The third kappa shape index (κ3) is 2.82. The summed E-state index contributed by atoms with van der Waals surface area (Å²) in [5, 5.41) is 13.1. The molecule has 2 aliphatic heterocycles. The predicted molar refractivity (Wildman–Crippen MR) is 103 cm³/mol. The number of ketones is 1. The number of phenols is 1. The van der Waals surface area contributed by atoms with Gasteiger partial charge in [0.2, 0.25) is 0 Å². The second-order valence-electron chi connectivity index (χ2n) is 8.07. The van der Waals surface area contributed by atoms with Crippen molar-refractivity contribution in [3.05, 3.63) is 64.2 Å². The number of nitrogens with zero attached hydrogens (tertiary/aromatic N) is 1. The molecule has 2 N–H and O–H groups in total. The minimum atomic E-state index is -0.650. The normalized spacial score (nSPS) is 24.9. The molecule has 0 aromatic heterocycles. The van der Waals surface area contributed by atoms with Crippen molar-refractivity contribution < 1.29 is 14.7 Å². The Hall–Kier alpha value is -2.66. The SMILES string of the molecule is Cc1cc(CN2C[C@H]3NC(=O)c4ccccc4C(=O)[C@@]3(C)C2)cc(C)c1O. The maximum absolute atomic E-state index is 13.3. The molecule has 0 aliphatic carbocycles. The first-order valence-corrected chi connectivity index (χ1v) is 9.26. The number of carbonyl (C=O) groups is 2. The first kappa shape index (κ1) is 17.7. The second kappa shape index (κ2) is 6.20. The molecule has 27 heavy (non-hydrogen) atoms. The van der Waals surface area contributed by atoms with Gasteiger partial charge in [-0.15, -0.1) is 0 Å². The Balaban J connectivity index is 1.63. The zero-order chi connectivity index (χ0) is 19.3. The highest BCUT2D eigenvalue weighted by Gasteiger charge is 2.51. The number of rotatable bonds is 2. The predicted octanol–water partition coefficient (Wildman–Crippen LogP) is 2.83. The van der Waals surface area contributed by atoms with Crippen molar-refractivity contribution >= 4 is 11.7 Å². The van der Waals surface area contributed by atoms with Crippen molar-refractivity contribution in [1.29, 1.82) is 0 Å². The molecule has 2 heterocycles. The van der Waals surface area contributed by atoms with E-state index in [0.29, 0.717) is 36.5 Å². The number of aromatic hydroxyl groups is 1. The minimum Gasteiger partial charge on any atom is -0.507 e. The number of nitrogens with one attached hydrogen (secondary N) is 1. The molecular formula is C22H24N2O3. The van der Waals surface area contributed by atoms with E-state index in [1.54, 1.807) is 18.2 Å². The minimum absolute atomic E-state index is 0.0296. The summed E-state index contributed by atoms with van der Waals surface area (Å²) < 4.78 is 0. The first-order valence-electron chi connectivity index (χ1n) is 9.26. The van der Waals surface area contributed by atoms with Gasteiger partial charge in [0, 0.05) is 25.2 Å². The number of phenolic OH excluding ortho intramolecular Hbond substituents is 1. The molecule has 0 spiro atoms. The highest BCUT2D eigenvalue weighted by molar-refractivity contribution is 6.12. The summed E-state index contributed by atoms with van der Waals surface area (Å²) in [7, 11) is 0. The number of carbonyl (C=O) groups excluding carboxylic acids is 2. The Morgan fingerprint density at radius 3 is 2.44 bits per heavy atom. The largest absolute Gasteiger partial charge is 0.507 e. The fourth-order valence-electron chi connectivity index (χ4n) is 4.47. The van der Waals surface area contributed by atoms with Crippen molar-refractivity contribution in [3.63, 3.8) is 0 Å². The van der Waals surface area contributed by atoms with Crippen LogP contribution in [-0.2, 0) is 6.54 Å². The van der Waals surface area contributed by atoms with Crippen LogP contribution < -0.4 is 5.32 Å². The zero-order valence-electron chi connectivity index (χ0n) is 15.9. The summed E-state index contributed by atoms with van der Waals surface area (Å²) in [6.45, 7) is 7.63. The van der Waals surface area contributed by atoms with E-state index in [1.165, 1.54) is 0 Å². The van der Waals surface area contributed by atoms with Gasteiger partial charge in [0.05, 0.1) is 17.0 Å². The fourth-order valence-corrected chi connectivity index (χ4v) is 4.47. The van der Waals surface area contributed by atoms with E-state index in [4.69, 9.17) is 0 Å². The van der Waals surface area contributed by atoms with E-state index in [-0.39, 0.29) is 17.7 Å². The third-order valence-corrected chi connectivity index (χ3v) is 5.96. The van der Waals surface area contributed by atoms with Crippen molar-refractivity contribution in [3.8, 4) is 5.75 Å². The zero-order valence-corrected chi connectivity index (χ0v) is 15.9. The number of amides is 1. The lowest BCUT2D eigenvalue weighted by molar-refractivity contribution is 0.0789. The van der Waals surface area contributed by atoms with Crippen LogP contribution in [0.15, 0.2) is 36.4 Å². The molecule has 5 heteroatoms. The quantitative estimate of drug-likeness (QED) is 0.860. The van der Waals surface area contributed by atoms with Gasteiger partial charge in [-0.3, -0.25) is 14.5 Å². The molecule has 2 aromatic carbocycles. The van der Waals surface area contributed by atoms with Gasteiger partial charge in [-0.25, -0.2) is 0 Å². The van der Waals surface area contributed by atoms with Gasteiger partial charge in [0.15, 0.2) is 5.78 Å². The fraction of sp³-hybridized carbons (Fsp3) is 0.364. The van der Waals surface area contributed by atoms with E-state index in [2.05, 4.69) is 10.2 Å². The maximum atomic E-state index is 13.3. The number of aryl methyl sites for hydroxylation is 2. The van der Waals surface area contributed by atoms with Crippen molar-refractivity contribution in [2.24, 2.45) is 5.41 Å². The second-order valence-corrected chi connectivity index (χ2v) is 8.07. The number of likely N-dealkylation sites (tertiary alicyclic amines) is 1. The van der Waals surface area contributed by atoms with Gasteiger partial charge in [0.1, 0.15) is 5.75 Å². The molecule has 1 fully saturated rings. The summed E-state index contributed by atoms with van der Waals surface area (Å²) in [5.41, 5.74) is 3.13. The van der Waals surface area contributed by atoms with Crippen molar-refractivity contribution in [2.75, 3.05) is 13.1 Å². The molecule has 2 aromatic rings. The molecule has 2 atom stereocenters. The van der Waals surface area contributed by atoms with Crippen LogP contribution >= 0.6 is 0 Å². The summed E-state index contributed by atoms with van der Waals surface area (Å²) >= 11 is 0. The molecule has 2 aliphatic rings. The van der Waals surface area contributed by atoms with Crippen molar-refractivity contribution in [2.45, 2.75) is 33.4 Å². The highest BCUT2D eigenvalue weighted by Crippen LogP contribution is 2.38. The van der Waals surface area contributed by atoms with Crippen LogP contribution in [0.2, 0.25) is 0 Å². The molecule has 140 valence electrons. The van der Waals surface area contributed by atoms with Gasteiger partial charge < -0.3 is 10.4 Å². The van der Waals surface area contributed by atoms with E-state index < -0.39 is 5.41 Å². The van der Waals surface area contributed by atoms with Gasteiger partial charge in [0.25, 0.3) is 5.91 Å². The standard InChI is InChI=1S/C22H24N2O3/c1-13-8-15(9-14(2)19(13)25)10-24-11-18-22(3,12-24)20(26)16-6-4-5-7-17(16)21(27)23-18/h4-9,18,25H,10-12H2,1-3H3,(H,23,27)/t18-,22+/m1/s1. The molecular weight excluding hydrogens is 340 g/mol. The molecule has 1 saturated heterocycles. The third-order valence-electron chi connectivity index (χ3n) is 5.96. The van der Waals surface area contributed by atoms with Gasteiger partial charge in [-0.2, -0.15) is 0 Å². The summed E-state index contributed by atoms with van der Waals surface area (Å²) in [4.78, 5) is 28.1. The first-order chi connectivity index (χ1) is 12.8. The average molecular weight is 364 g/mol. The van der Waals surface area contributed by atoms with E-state index >= 15 is 0 Å². The Bertz CT molecular complexity index is 929. The van der Waals surface area contributed by atoms with E-state index in [9.17, 15) is 14.7 Å². The summed E-state index contributed by atoms with van der Waals surface area (Å²) in [6.07, 6.45) is 0. The van der Waals surface area contributed by atoms with Crippen LogP contribution in [0.3, 0.4) is 0 Å². The van der Waals surface area contributed by atoms with Crippen molar-refractivity contribution in [1.82, 2.24) is 10.2 Å². The van der Waals surface area contributed by atoms with E-state index in [1.807, 2.05) is 39.0 Å². The molecule has 5 nitrogen and oxygen atoms in total. The molecule has 0 bridgehead atoms. The Morgan fingerprint density at radius 2 is 1.78 bits per heavy atom. The van der Waals surface area contributed by atoms with Crippen LogP contribution in [0, 0.1) is 19.3 Å². The number of Topliss-reactive ketones (excluding diaryl/α,β-unsaturated/α-hetero) is 1. The topological polar surface area (TPSA) is 69.6 Å². The average Bonchev–Trinajstić information content (AvgIpc) is 2.91. The monoisotopic (exact) mass is 364 g/mol. The molecule has 0 unspecified atom stereocenters. The Morgan fingerprint density at radius 1 is 1.15 bits per heavy atom. The highest BCUT2D eigenvalue weighted by atomic mass is 16.3. The lowest BCUT2D eigenvalue weighted by Crippen LogP contribution is -2.47. The van der Waals surface area contributed by atoms with Gasteiger partial charge in [-0.05, 0) is 43.5 Å². The lowest BCUT2D eigenvalue weighted by Gasteiger charge is -2.27. The Kier molecular flexibility index (Phi) is 4.07. The van der Waals surface area contributed by atoms with E-state index in [0.717, 1.165) is 16.7 Å². The number of benzene rings is 2. The number of hydrogen-bond donors (Lipinski definition) is 2. The Labute approximate surface area is 159 Å². The van der Waals surface area contributed by atoms with Crippen LogP contribution in [0.5, 0.6) is 5.75 Å². The molecule has 1 amide bonds. The van der Waals surface area contributed by atoms with Gasteiger partial charge >= 0.3 is 0 Å². The van der Waals surface area contributed by atoms with Crippen LogP contribution in [0.25, 0.3) is 0 Å². The van der Waals surface area contributed by atoms with Crippen LogP contribution in [0.4, 0.5) is 0 Å². The van der Waals surface area contributed by atoms with Crippen LogP contribution in [-0.4, -0.2) is 40.8 Å². The summed E-state index contributed by atoms with van der Waals surface area (Å²) in [6, 6.07) is 10.8. The smallest absolute Gasteiger partial charge is 0.252 e. The number of hydrogen-bond acceptors (Lipinski definition) is 4. The number of fused-ring (bicyclic) bond motifs is 2. The molecule has 0 radical (unpaired) electrons. The maximum Gasteiger partial charge on any atom is 0.252 e. The van der Waals surface area contributed by atoms with Crippen LogP contribution in [0.1, 0.15) is 44.3 Å². The lowest BCUT2D eigenvalue weighted by atomic mass is 9.78. The molecule has 4 rings (SSSR count).